The SMILES string of the molecule is CCCCC[C@H]1Oc2ccccc2[C@H](O)[C@@H]1CC#N. The van der Waals surface area contributed by atoms with Gasteiger partial charge >= 0.3 is 0 Å². The summed E-state index contributed by atoms with van der Waals surface area (Å²) in [6.07, 6.45) is 4.02. The number of nitrogens with zero attached hydrogens (tertiary/aromatic N) is 1. The Morgan fingerprint density at radius 3 is 2.84 bits per heavy atom. The zero-order chi connectivity index (χ0) is 13.7. The maximum Gasteiger partial charge on any atom is 0.125 e. The number of fused-ring (bicyclic) bond motifs is 1. The van der Waals surface area contributed by atoms with Gasteiger partial charge in [0.2, 0.25) is 0 Å². The van der Waals surface area contributed by atoms with Crippen LogP contribution in [0.25, 0.3) is 0 Å². The largest absolute Gasteiger partial charge is 0.490 e. The Bertz CT molecular complexity index is 452. The Hall–Kier alpha value is -1.53. The van der Waals surface area contributed by atoms with Crippen LogP contribution in [-0.2, 0) is 0 Å². The Morgan fingerprint density at radius 1 is 1.32 bits per heavy atom. The second kappa shape index (κ2) is 6.58. The molecule has 0 fully saturated rings. The van der Waals surface area contributed by atoms with Crippen molar-refractivity contribution in [2.24, 2.45) is 5.92 Å². The van der Waals surface area contributed by atoms with Crippen LogP contribution in [0.15, 0.2) is 24.3 Å². The van der Waals surface area contributed by atoms with Gasteiger partial charge in [-0.25, -0.2) is 0 Å². The third-order valence-electron chi connectivity index (χ3n) is 3.82. The summed E-state index contributed by atoms with van der Waals surface area (Å²) in [5.41, 5.74) is 0.814. The molecular weight excluding hydrogens is 238 g/mol. The molecule has 1 aliphatic heterocycles. The fraction of sp³-hybridized carbons (Fsp3) is 0.562. The summed E-state index contributed by atoms with van der Waals surface area (Å²) in [5, 5.41) is 19.4. The molecule has 1 aromatic rings. The van der Waals surface area contributed by atoms with Gasteiger partial charge in [-0.15, -0.1) is 0 Å². The average Bonchev–Trinajstić information content (AvgIpc) is 2.43. The van der Waals surface area contributed by atoms with Gasteiger partial charge in [0.05, 0.1) is 12.2 Å². The summed E-state index contributed by atoms with van der Waals surface area (Å²) in [5.74, 6) is 0.655. The molecule has 102 valence electrons. The molecule has 0 bridgehead atoms. The van der Waals surface area contributed by atoms with E-state index in [2.05, 4.69) is 13.0 Å². The Balaban J connectivity index is 2.16. The highest BCUT2D eigenvalue weighted by atomic mass is 16.5. The van der Waals surface area contributed by atoms with Crippen LogP contribution in [0.2, 0.25) is 0 Å². The number of unbranched alkanes of at least 4 members (excludes halogenated alkanes) is 2. The van der Waals surface area contributed by atoms with E-state index < -0.39 is 6.10 Å². The summed E-state index contributed by atoms with van der Waals surface area (Å²) in [7, 11) is 0. The van der Waals surface area contributed by atoms with E-state index in [1.165, 1.54) is 0 Å². The number of rotatable bonds is 5. The lowest BCUT2D eigenvalue weighted by Gasteiger charge is -2.36. The highest BCUT2D eigenvalue weighted by Gasteiger charge is 2.36. The van der Waals surface area contributed by atoms with E-state index in [1.54, 1.807) is 0 Å². The lowest BCUT2D eigenvalue weighted by molar-refractivity contribution is -0.00295. The molecule has 0 saturated heterocycles. The van der Waals surface area contributed by atoms with Gasteiger partial charge in [-0.05, 0) is 18.9 Å². The van der Waals surface area contributed by atoms with Crippen molar-refractivity contribution in [3.05, 3.63) is 29.8 Å². The minimum Gasteiger partial charge on any atom is -0.490 e. The van der Waals surface area contributed by atoms with Crippen molar-refractivity contribution in [2.45, 2.75) is 51.2 Å². The Morgan fingerprint density at radius 2 is 2.11 bits per heavy atom. The number of ether oxygens (including phenoxy) is 1. The molecule has 0 amide bonds. The molecule has 2 rings (SSSR count). The number of aliphatic hydroxyl groups excluding tert-OH is 1. The van der Waals surface area contributed by atoms with Crippen molar-refractivity contribution in [3.8, 4) is 11.8 Å². The molecule has 3 nitrogen and oxygen atoms in total. The maximum atomic E-state index is 10.4. The first kappa shape index (κ1) is 13.9. The van der Waals surface area contributed by atoms with E-state index in [0.717, 1.165) is 37.0 Å². The van der Waals surface area contributed by atoms with Crippen molar-refractivity contribution in [1.82, 2.24) is 0 Å². The number of benzene rings is 1. The van der Waals surface area contributed by atoms with Crippen LogP contribution < -0.4 is 4.74 Å². The molecule has 0 aliphatic carbocycles. The molecule has 0 unspecified atom stereocenters. The van der Waals surface area contributed by atoms with Crippen LogP contribution in [0, 0.1) is 17.2 Å². The van der Waals surface area contributed by atoms with Crippen LogP contribution >= 0.6 is 0 Å². The second-order valence-corrected chi connectivity index (χ2v) is 5.16. The molecule has 0 aromatic heterocycles. The molecule has 1 aromatic carbocycles. The molecular formula is C16H21NO2. The molecule has 1 N–H and O–H groups in total. The molecule has 3 atom stereocenters. The third kappa shape index (κ3) is 3.08. The van der Waals surface area contributed by atoms with Gasteiger partial charge in [-0.2, -0.15) is 5.26 Å². The smallest absolute Gasteiger partial charge is 0.125 e. The van der Waals surface area contributed by atoms with Crippen molar-refractivity contribution < 1.29 is 9.84 Å². The summed E-state index contributed by atoms with van der Waals surface area (Å²) >= 11 is 0. The van der Waals surface area contributed by atoms with E-state index >= 15 is 0 Å². The fourth-order valence-electron chi connectivity index (χ4n) is 2.73. The summed E-state index contributed by atoms with van der Waals surface area (Å²) in [4.78, 5) is 0. The third-order valence-corrected chi connectivity index (χ3v) is 3.82. The zero-order valence-electron chi connectivity index (χ0n) is 11.4. The maximum absolute atomic E-state index is 10.4. The molecule has 3 heteroatoms. The van der Waals surface area contributed by atoms with Crippen LogP contribution in [0.4, 0.5) is 0 Å². The summed E-state index contributed by atoms with van der Waals surface area (Å²) < 4.78 is 6.00. The monoisotopic (exact) mass is 259 g/mol. The molecule has 0 saturated carbocycles. The van der Waals surface area contributed by atoms with Gasteiger partial charge in [0.15, 0.2) is 0 Å². The van der Waals surface area contributed by atoms with Crippen LogP contribution in [0.1, 0.15) is 50.7 Å². The molecule has 1 heterocycles. The van der Waals surface area contributed by atoms with Crippen molar-refractivity contribution in [1.29, 1.82) is 5.26 Å². The van der Waals surface area contributed by atoms with Crippen LogP contribution in [0.3, 0.4) is 0 Å². The normalized spacial score (nSPS) is 25.2. The highest BCUT2D eigenvalue weighted by Crippen LogP contribution is 2.41. The molecule has 0 spiro atoms. The zero-order valence-corrected chi connectivity index (χ0v) is 11.4. The van der Waals surface area contributed by atoms with Crippen molar-refractivity contribution >= 4 is 0 Å². The predicted molar refractivity (Wildman–Crippen MR) is 73.7 cm³/mol. The van der Waals surface area contributed by atoms with Gasteiger partial charge in [-0.1, -0.05) is 38.0 Å². The number of nitriles is 1. The van der Waals surface area contributed by atoms with Gasteiger partial charge < -0.3 is 9.84 Å². The van der Waals surface area contributed by atoms with E-state index in [0.29, 0.717) is 6.42 Å². The van der Waals surface area contributed by atoms with Crippen LogP contribution in [0.5, 0.6) is 5.75 Å². The van der Waals surface area contributed by atoms with Crippen molar-refractivity contribution in [2.75, 3.05) is 0 Å². The average molecular weight is 259 g/mol. The van der Waals surface area contributed by atoms with Gasteiger partial charge in [0.25, 0.3) is 0 Å². The fourth-order valence-corrected chi connectivity index (χ4v) is 2.73. The first-order valence-electron chi connectivity index (χ1n) is 7.08. The minimum absolute atomic E-state index is 0.0453. The van der Waals surface area contributed by atoms with Gasteiger partial charge in [0, 0.05) is 17.9 Å². The van der Waals surface area contributed by atoms with Crippen molar-refractivity contribution in [3.63, 3.8) is 0 Å². The lowest BCUT2D eigenvalue weighted by atomic mass is 9.83. The number of para-hydroxylation sites is 1. The second-order valence-electron chi connectivity index (χ2n) is 5.16. The van der Waals surface area contributed by atoms with E-state index in [-0.39, 0.29) is 12.0 Å². The van der Waals surface area contributed by atoms with E-state index in [4.69, 9.17) is 10.00 Å². The Kier molecular flexibility index (Phi) is 4.81. The molecule has 1 aliphatic rings. The number of hydrogen-bond acceptors (Lipinski definition) is 3. The number of aliphatic hydroxyl groups is 1. The van der Waals surface area contributed by atoms with E-state index in [9.17, 15) is 5.11 Å². The van der Waals surface area contributed by atoms with Gasteiger partial charge in [-0.3, -0.25) is 0 Å². The number of hydrogen-bond donors (Lipinski definition) is 1. The molecule has 0 radical (unpaired) electrons. The quantitative estimate of drug-likeness (QED) is 0.822. The highest BCUT2D eigenvalue weighted by molar-refractivity contribution is 5.37. The minimum atomic E-state index is -0.587. The van der Waals surface area contributed by atoms with Gasteiger partial charge in [0.1, 0.15) is 11.9 Å². The van der Waals surface area contributed by atoms with Crippen LogP contribution in [-0.4, -0.2) is 11.2 Å². The molecule has 19 heavy (non-hydrogen) atoms. The van der Waals surface area contributed by atoms with E-state index in [1.807, 2.05) is 24.3 Å². The first-order valence-corrected chi connectivity index (χ1v) is 7.08. The first-order chi connectivity index (χ1) is 9.27. The lowest BCUT2D eigenvalue weighted by Crippen LogP contribution is -2.36. The summed E-state index contributed by atoms with van der Waals surface area (Å²) in [6, 6.07) is 9.77. The standard InChI is InChI=1S/C16H21NO2/c1-2-3-4-8-15-13(10-11-17)16(18)12-7-5-6-9-14(12)19-15/h5-7,9,13,15-16,18H,2-4,8,10H2,1H3/t13-,15-,16+/m1/s1. The summed E-state index contributed by atoms with van der Waals surface area (Å²) in [6.45, 7) is 2.17. The predicted octanol–water partition coefficient (Wildman–Crippen LogP) is 3.59. The topological polar surface area (TPSA) is 53.2 Å². The Labute approximate surface area is 114 Å².